The molecule has 3 nitrogen and oxygen atoms in total. The van der Waals surface area contributed by atoms with E-state index in [4.69, 9.17) is 16.3 Å². The smallest absolute Gasteiger partial charge is 0.410 e. The fraction of sp³-hybridized carbons (Fsp3) is 0.857. The zero-order valence-corrected chi connectivity index (χ0v) is 7.30. The molecule has 0 spiro atoms. The molecule has 1 rings (SSSR count). The molecule has 11 heavy (non-hydrogen) atoms. The Balaban J connectivity index is 2.38. The van der Waals surface area contributed by atoms with Crippen molar-refractivity contribution in [2.24, 2.45) is 0 Å². The van der Waals surface area contributed by atoms with Gasteiger partial charge in [-0.3, -0.25) is 0 Å². The van der Waals surface area contributed by atoms with Gasteiger partial charge in [0.25, 0.3) is 0 Å². The van der Waals surface area contributed by atoms with Crippen LogP contribution in [0.1, 0.15) is 13.3 Å². The van der Waals surface area contributed by atoms with Crippen LogP contribution >= 0.6 is 11.6 Å². The molecule has 0 aliphatic carbocycles. The van der Waals surface area contributed by atoms with Crippen LogP contribution in [-0.4, -0.2) is 36.1 Å². The summed E-state index contributed by atoms with van der Waals surface area (Å²) in [5.41, 5.74) is 0. The Labute approximate surface area is 71.3 Å². The van der Waals surface area contributed by atoms with Gasteiger partial charge in [-0.25, -0.2) is 4.79 Å². The molecule has 0 aromatic heterocycles. The van der Waals surface area contributed by atoms with Crippen molar-refractivity contribution in [1.82, 2.24) is 4.90 Å². The van der Waals surface area contributed by atoms with Gasteiger partial charge in [0.2, 0.25) is 0 Å². The highest BCUT2D eigenvalue weighted by atomic mass is 35.5. The zero-order chi connectivity index (χ0) is 8.27. The van der Waals surface area contributed by atoms with Crippen molar-refractivity contribution >= 4 is 17.7 Å². The van der Waals surface area contributed by atoms with E-state index in [9.17, 15) is 4.79 Å². The monoisotopic (exact) mass is 177 g/mol. The summed E-state index contributed by atoms with van der Waals surface area (Å²) >= 11 is 5.53. The third-order valence-electron chi connectivity index (χ3n) is 1.62. The SMILES string of the molecule is CCCN1CC(CCl)OC1=O. The van der Waals surface area contributed by atoms with E-state index in [2.05, 4.69) is 0 Å². The average Bonchev–Trinajstić information content (AvgIpc) is 2.33. The van der Waals surface area contributed by atoms with Gasteiger partial charge in [0.15, 0.2) is 0 Å². The van der Waals surface area contributed by atoms with Crippen molar-refractivity contribution in [3.63, 3.8) is 0 Å². The number of cyclic esters (lactones) is 1. The van der Waals surface area contributed by atoms with Gasteiger partial charge in [-0.15, -0.1) is 11.6 Å². The van der Waals surface area contributed by atoms with Crippen LogP contribution in [0.3, 0.4) is 0 Å². The summed E-state index contributed by atoms with van der Waals surface area (Å²) in [5.74, 6) is 0.395. The Bertz CT molecular complexity index is 151. The van der Waals surface area contributed by atoms with Crippen LogP contribution in [-0.2, 0) is 4.74 Å². The normalized spacial score (nSPS) is 24.0. The molecule has 1 amide bonds. The molecule has 0 N–H and O–H groups in total. The number of halogens is 1. The minimum atomic E-state index is -0.225. The molecular weight excluding hydrogens is 166 g/mol. The fourth-order valence-electron chi connectivity index (χ4n) is 1.11. The molecule has 1 unspecified atom stereocenters. The van der Waals surface area contributed by atoms with Crippen LogP contribution in [0.4, 0.5) is 4.79 Å². The van der Waals surface area contributed by atoms with E-state index in [1.54, 1.807) is 4.90 Å². The predicted molar refractivity (Wildman–Crippen MR) is 42.9 cm³/mol. The molecule has 1 fully saturated rings. The van der Waals surface area contributed by atoms with Gasteiger partial charge in [-0.05, 0) is 6.42 Å². The molecule has 0 bridgehead atoms. The largest absolute Gasteiger partial charge is 0.443 e. The van der Waals surface area contributed by atoms with Gasteiger partial charge in [-0.2, -0.15) is 0 Å². The standard InChI is InChI=1S/C7H12ClNO2/c1-2-3-9-5-6(4-8)11-7(9)10/h6H,2-5H2,1H3. The summed E-state index contributed by atoms with van der Waals surface area (Å²) in [6.07, 6.45) is 0.637. The molecule has 0 radical (unpaired) electrons. The van der Waals surface area contributed by atoms with Crippen molar-refractivity contribution in [2.75, 3.05) is 19.0 Å². The average molecular weight is 178 g/mol. The number of ether oxygens (including phenoxy) is 1. The summed E-state index contributed by atoms with van der Waals surface area (Å²) in [4.78, 5) is 12.7. The molecule has 4 heteroatoms. The number of amides is 1. The topological polar surface area (TPSA) is 29.5 Å². The first kappa shape index (κ1) is 8.65. The van der Waals surface area contributed by atoms with E-state index >= 15 is 0 Å². The predicted octanol–water partition coefficient (Wildman–Crippen LogP) is 1.46. The quantitative estimate of drug-likeness (QED) is 0.611. The Kier molecular flexibility index (Phi) is 3.00. The highest BCUT2D eigenvalue weighted by molar-refractivity contribution is 6.18. The Morgan fingerprint density at radius 3 is 3.00 bits per heavy atom. The van der Waals surface area contributed by atoms with E-state index in [1.807, 2.05) is 6.92 Å². The van der Waals surface area contributed by atoms with Crippen molar-refractivity contribution in [1.29, 1.82) is 0 Å². The van der Waals surface area contributed by atoms with E-state index in [-0.39, 0.29) is 12.2 Å². The molecule has 1 heterocycles. The van der Waals surface area contributed by atoms with Crippen molar-refractivity contribution in [2.45, 2.75) is 19.4 Å². The summed E-state index contributed by atoms with van der Waals surface area (Å²) in [6, 6.07) is 0. The number of alkyl halides is 1. The summed E-state index contributed by atoms with van der Waals surface area (Å²) < 4.78 is 4.93. The maximum atomic E-state index is 11.0. The maximum Gasteiger partial charge on any atom is 0.410 e. The van der Waals surface area contributed by atoms with Crippen LogP contribution in [0.2, 0.25) is 0 Å². The van der Waals surface area contributed by atoms with Crippen LogP contribution in [0, 0.1) is 0 Å². The van der Waals surface area contributed by atoms with Gasteiger partial charge >= 0.3 is 6.09 Å². The third kappa shape index (κ3) is 1.99. The summed E-state index contributed by atoms with van der Waals surface area (Å²) in [5, 5.41) is 0. The van der Waals surface area contributed by atoms with Crippen molar-refractivity contribution in [3.05, 3.63) is 0 Å². The fourth-order valence-corrected chi connectivity index (χ4v) is 1.27. The second-order valence-electron chi connectivity index (χ2n) is 2.61. The maximum absolute atomic E-state index is 11.0. The lowest BCUT2D eigenvalue weighted by atomic mass is 10.4. The third-order valence-corrected chi connectivity index (χ3v) is 1.96. The Morgan fingerprint density at radius 1 is 1.82 bits per heavy atom. The summed E-state index contributed by atoms with van der Waals surface area (Å²) in [7, 11) is 0. The number of rotatable bonds is 3. The molecule has 1 aliphatic heterocycles. The summed E-state index contributed by atoms with van der Waals surface area (Å²) in [6.45, 7) is 3.45. The molecule has 64 valence electrons. The number of nitrogens with zero attached hydrogens (tertiary/aromatic N) is 1. The van der Waals surface area contributed by atoms with E-state index in [0.29, 0.717) is 12.4 Å². The zero-order valence-electron chi connectivity index (χ0n) is 6.55. The van der Waals surface area contributed by atoms with Crippen LogP contribution < -0.4 is 0 Å². The first-order valence-electron chi connectivity index (χ1n) is 3.79. The van der Waals surface area contributed by atoms with E-state index < -0.39 is 0 Å². The Morgan fingerprint density at radius 2 is 2.55 bits per heavy atom. The van der Waals surface area contributed by atoms with Crippen LogP contribution in [0.15, 0.2) is 0 Å². The highest BCUT2D eigenvalue weighted by Crippen LogP contribution is 2.12. The number of carbonyl (C=O) groups excluding carboxylic acids is 1. The van der Waals surface area contributed by atoms with E-state index in [1.165, 1.54) is 0 Å². The lowest BCUT2D eigenvalue weighted by Gasteiger charge is -2.09. The molecule has 0 aromatic rings. The molecule has 1 aliphatic rings. The van der Waals surface area contributed by atoms with Gasteiger partial charge in [-0.1, -0.05) is 6.92 Å². The van der Waals surface area contributed by atoms with Crippen molar-refractivity contribution < 1.29 is 9.53 Å². The number of carbonyl (C=O) groups is 1. The first-order chi connectivity index (χ1) is 5.27. The van der Waals surface area contributed by atoms with Crippen LogP contribution in [0.25, 0.3) is 0 Å². The minimum Gasteiger partial charge on any atom is -0.443 e. The molecule has 1 saturated heterocycles. The van der Waals surface area contributed by atoms with Gasteiger partial charge in [0, 0.05) is 6.54 Å². The first-order valence-corrected chi connectivity index (χ1v) is 4.33. The second-order valence-corrected chi connectivity index (χ2v) is 2.91. The number of hydrogen-bond donors (Lipinski definition) is 0. The molecular formula is C7H12ClNO2. The van der Waals surface area contributed by atoms with Gasteiger partial charge < -0.3 is 9.64 Å². The second kappa shape index (κ2) is 3.81. The number of hydrogen-bond acceptors (Lipinski definition) is 2. The van der Waals surface area contributed by atoms with Gasteiger partial charge in [0.05, 0.1) is 12.4 Å². The lowest BCUT2D eigenvalue weighted by molar-refractivity contribution is 0.139. The van der Waals surface area contributed by atoms with Crippen molar-refractivity contribution in [3.8, 4) is 0 Å². The Hall–Kier alpha value is -0.440. The minimum absolute atomic E-state index is 0.101. The highest BCUT2D eigenvalue weighted by Gasteiger charge is 2.29. The molecule has 0 aromatic carbocycles. The molecule has 0 saturated carbocycles. The molecule has 1 atom stereocenters. The van der Waals surface area contributed by atoms with Crippen LogP contribution in [0.5, 0.6) is 0 Å². The van der Waals surface area contributed by atoms with Gasteiger partial charge in [0.1, 0.15) is 6.10 Å². The lowest BCUT2D eigenvalue weighted by Crippen LogP contribution is -2.26. The van der Waals surface area contributed by atoms with E-state index in [0.717, 1.165) is 13.0 Å².